The van der Waals surface area contributed by atoms with Crippen molar-refractivity contribution in [2.24, 2.45) is 0 Å². The number of carbonyl (C=O) groups excluding carboxylic acids is 2. The number of hydrogen-bond acceptors (Lipinski definition) is 5. The summed E-state index contributed by atoms with van der Waals surface area (Å²) in [5.41, 5.74) is -0.0628. The Kier molecular flexibility index (Phi) is 8.46. The average molecular weight is 336 g/mol. The van der Waals surface area contributed by atoms with E-state index in [2.05, 4.69) is 12.2 Å². The SMILES string of the molecule is CCCCCCCC(=O)Nc1cc(C(=O)OCC)ccc1[N+](=O)[O-]. The van der Waals surface area contributed by atoms with Crippen LogP contribution in [0.25, 0.3) is 0 Å². The molecule has 132 valence electrons. The highest BCUT2D eigenvalue weighted by molar-refractivity contribution is 5.96. The Morgan fingerprint density at radius 1 is 1.17 bits per heavy atom. The molecule has 0 radical (unpaired) electrons. The molecular formula is C17H24N2O5. The summed E-state index contributed by atoms with van der Waals surface area (Å²) in [6, 6.07) is 3.80. The van der Waals surface area contributed by atoms with Crippen molar-refractivity contribution in [1.82, 2.24) is 0 Å². The predicted molar refractivity (Wildman–Crippen MR) is 91.1 cm³/mol. The van der Waals surface area contributed by atoms with Crippen molar-refractivity contribution < 1.29 is 19.2 Å². The second kappa shape index (κ2) is 10.4. The average Bonchev–Trinajstić information content (AvgIpc) is 2.54. The smallest absolute Gasteiger partial charge is 0.338 e. The van der Waals surface area contributed by atoms with Gasteiger partial charge in [-0.05, 0) is 25.5 Å². The summed E-state index contributed by atoms with van der Waals surface area (Å²) in [5.74, 6) is -0.877. The number of ether oxygens (including phenoxy) is 1. The van der Waals surface area contributed by atoms with Gasteiger partial charge < -0.3 is 10.1 Å². The van der Waals surface area contributed by atoms with Crippen LogP contribution in [0.4, 0.5) is 11.4 Å². The molecule has 0 fully saturated rings. The predicted octanol–water partition coefficient (Wildman–Crippen LogP) is 4.07. The first-order valence-electron chi connectivity index (χ1n) is 8.25. The number of benzene rings is 1. The molecule has 1 aromatic rings. The van der Waals surface area contributed by atoms with Gasteiger partial charge in [0.05, 0.1) is 17.1 Å². The van der Waals surface area contributed by atoms with Crippen LogP contribution in [0.15, 0.2) is 18.2 Å². The minimum Gasteiger partial charge on any atom is -0.462 e. The van der Waals surface area contributed by atoms with Crippen LogP contribution in [-0.2, 0) is 9.53 Å². The van der Waals surface area contributed by atoms with E-state index >= 15 is 0 Å². The van der Waals surface area contributed by atoms with Gasteiger partial charge in [-0.2, -0.15) is 0 Å². The van der Waals surface area contributed by atoms with E-state index in [4.69, 9.17) is 4.74 Å². The number of amides is 1. The molecule has 1 amide bonds. The molecule has 0 saturated carbocycles. The van der Waals surface area contributed by atoms with Gasteiger partial charge in [-0.3, -0.25) is 14.9 Å². The molecule has 1 aromatic carbocycles. The van der Waals surface area contributed by atoms with E-state index < -0.39 is 10.9 Å². The lowest BCUT2D eigenvalue weighted by Gasteiger charge is -2.08. The molecule has 0 aliphatic rings. The highest BCUT2D eigenvalue weighted by Gasteiger charge is 2.19. The third-order valence-corrected chi connectivity index (χ3v) is 3.49. The molecule has 0 aliphatic heterocycles. The number of anilines is 1. The number of nitrogens with one attached hydrogen (secondary N) is 1. The van der Waals surface area contributed by atoms with Crippen molar-refractivity contribution in [1.29, 1.82) is 0 Å². The van der Waals surface area contributed by atoms with Crippen molar-refractivity contribution in [2.75, 3.05) is 11.9 Å². The fourth-order valence-electron chi connectivity index (χ4n) is 2.24. The first kappa shape index (κ1) is 19.6. The van der Waals surface area contributed by atoms with E-state index in [9.17, 15) is 19.7 Å². The molecule has 7 nitrogen and oxygen atoms in total. The largest absolute Gasteiger partial charge is 0.462 e. The summed E-state index contributed by atoms with van der Waals surface area (Å²) in [6.07, 6.45) is 5.31. The first-order valence-corrected chi connectivity index (χ1v) is 8.25. The minimum absolute atomic E-state index is 0.0177. The van der Waals surface area contributed by atoms with Gasteiger partial charge in [0.15, 0.2) is 0 Å². The number of unbranched alkanes of at least 4 members (excludes halogenated alkanes) is 4. The van der Waals surface area contributed by atoms with E-state index in [1.807, 2.05) is 0 Å². The molecule has 1 rings (SSSR count). The summed E-state index contributed by atoms with van der Waals surface area (Å²) >= 11 is 0. The third kappa shape index (κ3) is 6.36. The lowest BCUT2D eigenvalue weighted by atomic mass is 10.1. The van der Waals surface area contributed by atoms with E-state index in [-0.39, 0.29) is 29.5 Å². The van der Waals surface area contributed by atoms with Gasteiger partial charge in [-0.25, -0.2) is 4.79 Å². The molecular weight excluding hydrogens is 312 g/mol. The fourth-order valence-corrected chi connectivity index (χ4v) is 2.24. The molecule has 0 atom stereocenters. The number of hydrogen-bond donors (Lipinski definition) is 1. The summed E-state index contributed by atoms with van der Waals surface area (Å²) < 4.78 is 4.87. The zero-order valence-electron chi connectivity index (χ0n) is 14.2. The number of nitro groups is 1. The van der Waals surface area contributed by atoms with Crippen LogP contribution in [0, 0.1) is 10.1 Å². The summed E-state index contributed by atoms with van der Waals surface area (Å²) in [7, 11) is 0. The zero-order chi connectivity index (χ0) is 17.9. The standard InChI is InChI=1S/C17H24N2O5/c1-3-5-6-7-8-9-16(20)18-14-12-13(17(21)24-4-2)10-11-15(14)19(22)23/h10-12H,3-9H2,1-2H3,(H,18,20). The van der Waals surface area contributed by atoms with Gasteiger partial charge in [0, 0.05) is 12.5 Å². The van der Waals surface area contributed by atoms with Gasteiger partial charge in [-0.15, -0.1) is 0 Å². The topological polar surface area (TPSA) is 98.5 Å². The van der Waals surface area contributed by atoms with Crippen LogP contribution in [0.1, 0.15) is 62.7 Å². The van der Waals surface area contributed by atoms with E-state index in [0.717, 1.165) is 32.1 Å². The lowest BCUT2D eigenvalue weighted by molar-refractivity contribution is -0.383. The Morgan fingerprint density at radius 2 is 1.88 bits per heavy atom. The van der Waals surface area contributed by atoms with E-state index in [1.54, 1.807) is 6.92 Å². The Hall–Kier alpha value is -2.44. The molecule has 0 heterocycles. The second-order valence-electron chi connectivity index (χ2n) is 5.42. The maximum absolute atomic E-state index is 12.0. The first-order chi connectivity index (χ1) is 11.5. The molecule has 0 spiro atoms. The highest BCUT2D eigenvalue weighted by Crippen LogP contribution is 2.26. The fraction of sp³-hybridized carbons (Fsp3) is 0.529. The van der Waals surface area contributed by atoms with Gasteiger partial charge in [-0.1, -0.05) is 32.6 Å². The van der Waals surface area contributed by atoms with E-state index in [1.165, 1.54) is 18.2 Å². The molecule has 0 bridgehead atoms. The van der Waals surface area contributed by atoms with Crippen LogP contribution >= 0.6 is 0 Å². The molecule has 7 heteroatoms. The lowest BCUT2D eigenvalue weighted by Crippen LogP contribution is -2.14. The molecule has 0 aromatic heterocycles. The molecule has 1 N–H and O–H groups in total. The monoisotopic (exact) mass is 336 g/mol. The molecule has 0 saturated heterocycles. The van der Waals surface area contributed by atoms with Crippen LogP contribution in [0.3, 0.4) is 0 Å². The number of carbonyl (C=O) groups is 2. The maximum atomic E-state index is 12.0. The molecule has 24 heavy (non-hydrogen) atoms. The Morgan fingerprint density at radius 3 is 2.50 bits per heavy atom. The third-order valence-electron chi connectivity index (χ3n) is 3.49. The summed E-state index contributed by atoms with van der Waals surface area (Å²) in [5, 5.41) is 13.6. The molecule has 0 aliphatic carbocycles. The summed E-state index contributed by atoms with van der Waals surface area (Å²) in [6.45, 7) is 3.99. The minimum atomic E-state index is -0.591. The zero-order valence-corrected chi connectivity index (χ0v) is 14.2. The number of rotatable bonds is 10. The number of nitro benzene ring substituents is 1. The van der Waals surface area contributed by atoms with Crippen LogP contribution in [0.5, 0.6) is 0 Å². The van der Waals surface area contributed by atoms with Gasteiger partial charge in [0.25, 0.3) is 5.69 Å². The van der Waals surface area contributed by atoms with Crippen molar-refractivity contribution in [3.8, 4) is 0 Å². The van der Waals surface area contributed by atoms with Gasteiger partial charge in [0.2, 0.25) is 5.91 Å². The summed E-state index contributed by atoms with van der Waals surface area (Å²) in [4.78, 5) is 34.2. The van der Waals surface area contributed by atoms with Crippen molar-refractivity contribution >= 4 is 23.3 Å². The number of esters is 1. The number of nitrogens with zero attached hydrogens (tertiary/aromatic N) is 1. The maximum Gasteiger partial charge on any atom is 0.338 e. The van der Waals surface area contributed by atoms with Crippen molar-refractivity contribution in [3.05, 3.63) is 33.9 Å². The van der Waals surface area contributed by atoms with Gasteiger partial charge in [0.1, 0.15) is 5.69 Å². The van der Waals surface area contributed by atoms with Crippen LogP contribution < -0.4 is 5.32 Å². The van der Waals surface area contributed by atoms with Crippen LogP contribution in [-0.4, -0.2) is 23.4 Å². The normalized spacial score (nSPS) is 10.2. The van der Waals surface area contributed by atoms with Crippen molar-refractivity contribution in [2.45, 2.75) is 52.4 Å². The highest BCUT2D eigenvalue weighted by atomic mass is 16.6. The van der Waals surface area contributed by atoms with Crippen molar-refractivity contribution in [3.63, 3.8) is 0 Å². The van der Waals surface area contributed by atoms with E-state index in [0.29, 0.717) is 6.42 Å². The molecule has 0 unspecified atom stereocenters. The Bertz CT molecular complexity index is 586. The van der Waals surface area contributed by atoms with Crippen LogP contribution in [0.2, 0.25) is 0 Å². The quantitative estimate of drug-likeness (QED) is 0.300. The second-order valence-corrected chi connectivity index (χ2v) is 5.42. The Balaban J connectivity index is 2.75. The Labute approximate surface area is 141 Å². The van der Waals surface area contributed by atoms with Gasteiger partial charge >= 0.3 is 5.97 Å².